The molecular formula is C14H15BrN2OS. The third-order valence-corrected chi connectivity index (χ3v) is 3.86. The topological polar surface area (TPSA) is 48.1 Å². The van der Waals surface area contributed by atoms with Crippen LogP contribution in [-0.2, 0) is 6.54 Å². The van der Waals surface area contributed by atoms with E-state index >= 15 is 0 Å². The molecule has 0 unspecified atom stereocenters. The van der Waals surface area contributed by atoms with E-state index in [1.165, 1.54) is 0 Å². The summed E-state index contributed by atoms with van der Waals surface area (Å²) in [5.41, 5.74) is 6.70. The number of hydrogen-bond donors (Lipinski definition) is 1. The number of nitrogens with two attached hydrogens (primary N) is 1. The summed E-state index contributed by atoms with van der Waals surface area (Å²) >= 11 is 5.04. The minimum absolute atomic E-state index is 0.498. The highest BCUT2D eigenvalue weighted by Crippen LogP contribution is 2.20. The van der Waals surface area contributed by atoms with E-state index in [-0.39, 0.29) is 0 Å². The fraction of sp³-hybridized carbons (Fsp3) is 0.214. The molecule has 2 N–H and O–H groups in total. The normalized spacial score (nSPS) is 10.4. The maximum atomic E-state index is 5.74. The smallest absolute Gasteiger partial charge is 0.123 e. The number of ether oxygens (including phenoxy) is 1. The van der Waals surface area contributed by atoms with E-state index in [1.807, 2.05) is 36.4 Å². The number of para-hydroxylation sites is 1. The third kappa shape index (κ3) is 4.53. The van der Waals surface area contributed by atoms with Crippen LogP contribution in [0.4, 0.5) is 0 Å². The second kappa shape index (κ2) is 7.53. The van der Waals surface area contributed by atoms with Crippen molar-refractivity contribution >= 4 is 27.7 Å². The van der Waals surface area contributed by atoms with Crippen molar-refractivity contribution < 1.29 is 4.74 Å². The molecule has 0 aliphatic rings. The zero-order chi connectivity index (χ0) is 13.5. The van der Waals surface area contributed by atoms with E-state index in [4.69, 9.17) is 10.5 Å². The number of thioether (sulfide) groups is 1. The van der Waals surface area contributed by atoms with Gasteiger partial charge in [-0.05, 0) is 34.1 Å². The summed E-state index contributed by atoms with van der Waals surface area (Å²) in [6.45, 7) is 1.14. The van der Waals surface area contributed by atoms with Crippen molar-refractivity contribution in [1.29, 1.82) is 0 Å². The van der Waals surface area contributed by atoms with Crippen molar-refractivity contribution in [2.75, 3.05) is 12.4 Å². The van der Waals surface area contributed by atoms with Crippen molar-refractivity contribution in [2.24, 2.45) is 5.73 Å². The second-order valence-electron chi connectivity index (χ2n) is 3.82. The average Bonchev–Trinajstić information content (AvgIpc) is 2.46. The van der Waals surface area contributed by atoms with Crippen molar-refractivity contribution in [2.45, 2.75) is 11.6 Å². The molecule has 0 atom stereocenters. The first kappa shape index (κ1) is 14.4. The Labute approximate surface area is 125 Å². The highest BCUT2D eigenvalue weighted by Gasteiger charge is 2.01. The quantitative estimate of drug-likeness (QED) is 0.647. The lowest BCUT2D eigenvalue weighted by Crippen LogP contribution is -2.05. The number of pyridine rings is 1. The van der Waals surface area contributed by atoms with Gasteiger partial charge >= 0.3 is 0 Å². The first-order chi connectivity index (χ1) is 9.29. The van der Waals surface area contributed by atoms with Gasteiger partial charge in [0.2, 0.25) is 0 Å². The maximum absolute atomic E-state index is 5.74. The Hall–Kier alpha value is -1.04. The van der Waals surface area contributed by atoms with Crippen LogP contribution in [0.5, 0.6) is 5.75 Å². The van der Waals surface area contributed by atoms with E-state index in [0.717, 1.165) is 26.6 Å². The Morgan fingerprint density at radius 2 is 2.05 bits per heavy atom. The van der Waals surface area contributed by atoms with Gasteiger partial charge in [-0.2, -0.15) is 0 Å². The van der Waals surface area contributed by atoms with Crippen LogP contribution in [0.3, 0.4) is 0 Å². The molecule has 1 aromatic carbocycles. The molecule has 0 radical (unpaired) electrons. The first-order valence-corrected chi connectivity index (χ1v) is 7.72. The van der Waals surface area contributed by atoms with Gasteiger partial charge in [0.05, 0.1) is 11.6 Å². The van der Waals surface area contributed by atoms with Crippen LogP contribution in [0, 0.1) is 0 Å². The van der Waals surface area contributed by atoms with Crippen LogP contribution in [0.15, 0.2) is 52.1 Å². The van der Waals surface area contributed by atoms with Crippen LogP contribution in [0.25, 0.3) is 0 Å². The predicted octanol–water partition coefficient (Wildman–Crippen LogP) is 3.47. The van der Waals surface area contributed by atoms with E-state index in [0.29, 0.717) is 13.2 Å². The number of benzene rings is 1. The van der Waals surface area contributed by atoms with Gasteiger partial charge in [0.15, 0.2) is 0 Å². The van der Waals surface area contributed by atoms with Crippen molar-refractivity contribution in [3.8, 4) is 5.75 Å². The molecule has 3 nitrogen and oxygen atoms in total. The minimum atomic E-state index is 0.498. The van der Waals surface area contributed by atoms with Crippen molar-refractivity contribution in [3.63, 3.8) is 0 Å². The highest BCUT2D eigenvalue weighted by molar-refractivity contribution is 9.10. The molecule has 100 valence electrons. The SMILES string of the molecule is NCc1ccccc1OCCSc1ccc(Br)cn1. The van der Waals surface area contributed by atoms with Gasteiger partial charge in [0.1, 0.15) is 5.75 Å². The van der Waals surface area contributed by atoms with Gasteiger partial charge in [-0.15, -0.1) is 11.8 Å². The molecule has 19 heavy (non-hydrogen) atoms. The first-order valence-electron chi connectivity index (χ1n) is 5.94. The largest absolute Gasteiger partial charge is 0.492 e. The molecule has 1 heterocycles. The van der Waals surface area contributed by atoms with Gasteiger partial charge in [0.25, 0.3) is 0 Å². The molecule has 0 aliphatic carbocycles. The standard InChI is InChI=1S/C14H15BrN2OS/c15-12-5-6-14(17-10-12)19-8-7-18-13-4-2-1-3-11(13)9-16/h1-6,10H,7-9,16H2. The Morgan fingerprint density at radius 1 is 1.21 bits per heavy atom. The fourth-order valence-corrected chi connectivity index (χ4v) is 2.46. The summed E-state index contributed by atoms with van der Waals surface area (Å²) in [5.74, 6) is 1.72. The maximum Gasteiger partial charge on any atom is 0.123 e. The highest BCUT2D eigenvalue weighted by atomic mass is 79.9. The Kier molecular flexibility index (Phi) is 5.69. The molecule has 0 amide bonds. The zero-order valence-electron chi connectivity index (χ0n) is 10.4. The van der Waals surface area contributed by atoms with Crippen LogP contribution in [0.1, 0.15) is 5.56 Å². The van der Waals surface area contributed by atoms with Gasteiger partial charge in [0, 0.05) is 28.5 Å². The lowest BCUT2D eigenvalue weighted by Gasteiger charge is -2.09. The van der Waals surface area contributed by atoms with Crippen molar-refractivity contribution in [3.05, 3.63) is 52.6 Å². The van der Waals surface area contributed by atoms with Crippen molar-refractivity contribution in [1.82, 2.24) is 4.98 Å². The molecule has 0 bridgehead atoms. The lowest BCUT2D eigenvalue weighted by atomic mass is 10.2. The third-order valence-electron chi connectivity index (χ3n) is 2.48. The zero-order valence-corrected chi connectivity index (χ0v) is 12.8. The molecule has 0 fully saturated rings. The van der Waals surface area contributed by atoms with E-state index in [1.54, 1.807) is 18.0 Å². The summed E-state index contributed by atoms with van der Waals surface area (Å²) in [4.78, 5) is 4.30. The molecule has 0 spiro atoms. The molecule has 5 heteroatoms. The summed E-state index contributed by atoms with van der Waals surface area (Å²) in [6.07, 6.45) is 1.80. The fourth-order valence-electron chi connectivity index (χ4n) is 1.56. The van der Waals surface area contributed by atoms with Gasteiger partial charge in [-0.3, -0.25) is 0 Å². The molecule has 2 aromatic rings. The molecular weight excluding hydrogens is 324 g/mol. The number of aromatic nitrogens is 1. The van der Waals surface area contributed by atoms with Gasteiger partial charge in [-0.1, -0.05) is 18.2 Å². The summed E-state index contributed by atoms with van der Waals surface area (Å²) in [7, 11) is 0. The Bertz CT molecular complexity index is 519. The summed E-state index contributed by atoms with van der Waals surface area (Å²) in [5, 5.41) is 0.999. The predicted molar refractivity (Wildman–Crippen MR) is 82.5 cm³/mol. The molecule has 0 saturated carbocycles. The van der Waals surface area contributed by atoms with Gasteiger partial charge < -0.3 is 10.5 Å². The minimum Gasteiger partial charge on any atom is -0.492 e. The Balaban J connectivity index is 1.79. The van der Waals surface area contributed by atoms with Crippen LogP contribution in [0.2, 0.25) is 0 Å². The number of rotatable bonds is 6. The molecule has 1 aromatic heterocycles. The number of hydrogen-bond acceptors (Lipinski definition) is 4. The van der Waals surface area contributed by atoms with Crippen LogP contribution >= 0.6 is 27.7 Å². The van der Waals surface area contributed by atoms with Gasteiger partial charge in [-0.25, -0.2) is 4.98 Å². The number of nitrogens with zero attached hydrogens (tertiary/aromatic N) is 1. The van der Waals surface area contributed by atoms with E-state index in [9.17, 15) is 0 Å². The van der Waals surface area contributed by atoms with Crippen LogP contribution in [-0.4, -0.2) is 17.3 Å². The second-order valence-corrected chi connectivity index (χ2v) is 5.85. The molecule has 2 rings (SSSR count). The average molecular weight is 339 g/mol. The number of halogens is 1. The molecule has 0 aliphatic heterocycles. The summed E-state index contributed by atoms with van der Waals surface area (Å²) in [6, 6.07) is 11.8. The van der Waals surface area contributed by atoms with E-state index < -0.39 is 0 Å². The Morgan fingerprint density at radius 3 is 2.79 bits per heavy atom. The molecule has 0 saturated heterocycles. The lowest BCUT2D eigenvalue weighted by molar-refractivity contribution is 0.340. The monoisotopic (exact) mass is 338 g/mol. The van der Waals surface area contributed by atoms with Crippen LogP contribution < -0.4 is 10.5 Å². The summed E-state index contributed by atoms with van der Waals surface area (Å²) < 4.78 is 6.73. The van der Waals surface area contributed by atoms with E-state index in [2.05, 4.69) is 20.9 Å².